The summed E-state index contributed by atoms with van der Waals surface area (Å²) in [6.07, 6.45) is 6.61. The number of amides is 1. The van der Waals surface area contributed by atoms with E-state index in [1.807, 2.05) is 0 Å². The van der Waals surface area contributed by atoms with Crippen molar-refractivity contribution in [1.29, 1.82) is 0 Å². The van der Waals surface area contributed by atoms with Crippen molar-refractivity contribution in [1.82, 2.24) is 10.0 Å². The highest BCUT2D eigenvalue weighted by Gasteiger charge is 2.54. The van der Waals surface area contributed by atoms with E-state index in [9.17, 15) is 14.9 Å². The topological polar surface area (TPSA) is 66.7 Å². The normalized spacial score (nSPS) is 36.6. The number of nitro groups is 1. The second-order valence-corrected chi connectivity index (χ2v) is 8.41. The lowest BCUT2D eigenvalue weighted by Crippen LogP contribution is -2.70. The van der Waals surface area contributed by atoms with E-state index in [0.29, 0.717) is 31.0 Å². The van der Waals surface area contributed by atoms with Crippen LogP contribution >= 0.6 is 0 Å². The number of nitro benzene ring substituents is 1. The number of carbonyl (C=O) groups excluding carboxylic acids is 1. The third kappa shape index (κ3) is 2.46. The highest BCUT2D eigenvalue weighted by atomic mass is 16.6. The Labute approximate surface area is 146 Å². The molecule has 1 aromatic rings. The number of hydrazine groups is 1. The third-order valence-corrected chi connectivity index (χ3v) is 6.85. The molecule has 1 aliphatic heterocycles. The lowest BCUT2D eigenvalue weighted by Gasteiger charge is -2.61. The highest BCUT2D eigenvalue weighted by Crippen LogP contribution is 2.55. The Bertz CT molecular complexity index is 689. The van der Waals surface area contributed by atoms with Gasteiger partial charge in [0.15, 0.2) is 0 Å². The molecule has 4 bridgehead atoms. The smallest absolute Gasteiger partial charge is 0.269 e. The van der Waals surface area contributed by atoms with Crippen molar-refractivity contribution in [3.05, 3.63) is 39.9 Å². The Morgan fingerprint density at radius 3 is 2.12 bits per heavy atom. The molecular formula is C19H23N3O3. The second-order valence-electron chi connectivity index (χ2n) is 8.41. The quantitative estimate of drug-likeness (QED) is 0.624. The van der Waals surface area contributed by atoms with Crippen LogP contribution in [0.5, 0.6) is 0 Å². The van der Waals surface area contributed by atoms with Crippen LogP contribution in [0.25, 0.3) is 0 Å². The lowest BCUT2D eigenvalue weighted by atomic mass is 9.54. The monoisotopic (exact) mass is 341 g/mol. The maximum absolute atomic E-state index is 12.4. The minimum atomic E-state index is -0.377. The summed E-state index contributed by atoms with van der Waals surface area (Å²) in [7, 11) is 0. The molecule has 5 aliphatic rings. The average Bonchev–Trinajstić information content (AvgIpc) is 2.57. The van der Waals surface area contributed by atoms with Crippen LogP contribution in [0.15, 0.2) is 24.3 Å². The van der Waals surface area contributed by atoms with Crippen LogP contribution in [0.1, 0.15) is 37.7 Å². The molecule has 0 radical (unpaired) electrons. The van der Waals surface area contributed by atoms with Gasteiger partial charge in [0, 0.05) is 18.7 Å². The Hall–Kier alpha value is -1.95. The van der Waals surface area contributed by atoms with Crippen molar-refractivity contribution >= 4 is 11.6 Å². The van der Waals surface area contributed by atoms with Crippen molar-refractivity contribution in [3.8, 4) is 0 Å². The van der Waals surface area contributed by atoms with E-state index in [-0.39, 0.29) is 16.5 Å². The molecule has 6 rings (SSSR count). The van der Waals surface area contributed by atoms with Crippen LogP contribution in [0.2, 0.25) is 0 Å². The van der Waals surface area contributed by atoms with E-state index in [0.717, 1.165) is 17.4 Å². The number of benzene rings is 1. The summed E-state index contributed by atoms with van der Waals surface area (Å²) >= 11 is 0. The summed E-state index contributed by atoms with van der Waals surface area (Å²) < 4.78 is 0. The predicted octanol–water partition coefficient (Wildman–Crippen LogP) is 2.98. The number of hydrogen-bond donors (Lipinski definition) is 0. The zero-order valence-corrected chi connectivity index (χ0v) is 14.2. The van der Waals surface area contributed by atoms with Crippen LogP contribution in [0, 0.1) is 33.8 Å². The molecule has 0 spiro atoms. The molecule has 0 atom stereocenters. The highest BCUT2D eigenvalue weighted by molar-refractivity contribution is 5.83. The van der Waals surface area contributed by atoms with E-state index in [1.165, 1.54) is 32.1 Å². The SMILES string of the molecule is O=C1CN(Cc2ccc([N+](=O)[O-])cc2)N1C1C2CC3CC(C2)CC1C3. The first-order valence-corrected chi connectivity index (χ1v) is 9.38. The van der Waals surface area contributed by atoms with Gasteiger partial charge < -0.3 is 0 Å². The molecule has 0 unspecified atom stereocenters. The largest absolute Gasteiger partial charge is 0.272 e. The summed E-state index contributed by atoms with van der Waals surface area (Å²) in [5, 5.41) is 15.0. The molecule has 4 saturated carbocycles. The van der Waals surface area contributed by atoms with E-state index < -0.39 is 0 Å². The molecular weight excluding hydrogens is 318 g/mol. The average molecular weight is 341 g/mol. The molecule has 1 aromatic carbocycles. The number of nitrogens with zero attached hydrogens (tertiary/aromatic N) is 3. The van der Waals surface area contributed by atoms with E-state index >= 15 is 0 Å². The van der Waals surface area contributed by atoms with Gasteiger partial charge in [-0.3, -0.25) is 19.9 Å². The van der Waals surface area contributed by atoms with Gasteiger partial charge in [-0.05, 0) is 61.3 Å². The van der Waals surface area contributed by atoms with Crippen molar-refractivity contribution < 1.29 is 9.72 Å². The molecule has 6 nitrogen and oxygen atoms in total. The predicted molar refractivity (Wildman–Crippen MR) is 91.2 cm³/mol. The molecule has 1 amide bonds. The summed E-state index contributed by atoms with van der Waals surface area (Å²) in [6, 6.07) is 7.09. The Morgan fingerprint density at radius 2 is 1.60 bits per heavy atom. The standard InChI is InChI=1S/C19H23N3O3/c23-18-11-20(10-12-1-3-17(4-2-12)22(24)25)21(18)19-15-6-13-5-14(8-15)9-16(19)7-13/h1-4,13-16,19H,5-11H2. The fourth-order valence-electron chi connectivity index (χ4n) is 6.10. The third-order valence-electron chi connectivity index (χ3n) is 6.85. The fourth-order valence-corrected chi connectivity index (χ4v) is 6.10. The van der Waals surface area contributed by atoms with Crippen LogP contribution in [-0.4, -0.2) is 33.4 Å². The van der Waals surface area contributed by atoms with E-state index in [4.69, 9.17) is 0 Å². The van der Waals surface area contributed by atoms with Gasteiger partial charge in [-0.1, -0.05) is 12.1 Å². The zero-order chi connectivity index (χ0) is 17.1. The maximum Gasteiger partial charge on any atom is 0.269 e. The zero-order valence-electron chi connectivity index (χ0n) is 14.2. The minimum absolute atomic E-state index is 0.112. The molecule has 4 aliphatic carbocycles. The van der Waals surface area contributed by atoms with E-state index in [2.05, 4.69) is 10.0 Å². The van der Waals surface area contributed by atoms with E-state index in [1.54, 1.807) is 24.3 Å². The molecule has 1 saturated heterocycles. The maximum atomic E-state index is 12.4. The van der Waals surface area contributed by atoms with Crippen molar-refractivity contribution in [2.75, 3.05) is 6.54 Å². The fraction of sp³-hybridized carbons (Fsp3) is 0.632. The van der Waals surface area contributed by atoms with Crippen LogP contribution in [-0.2, 0) is 11.3 Å². The molecule has 6 heteroatoms. The van der Waals surface area contributed by atoms with Crippen molar-refractivity contribution in [2.24, 2.45) is 23.7 Å². The van der Waals surface area contributed by atoms with Crippen molar-refractivity contribution in [3.63, 3.8) is 0 Å². The van der Waals surface area contributed by atoms with Crippen LogP contribution in [0.3, 0.4) is 0 Å². The number of carbonyl (C=O) groups is 1. The van der Waals surface area contributed by atoms with Crippen molar-refractivity contribution in [2.45, 2.75) is 44.7 Å². The van der Waals surface area contributed by atoms with Gasteiger partial charge >= 0.3 is 0 Å². The van der Waals surface area contributed by atoms with Crippen LogP contribution < -0.4 is 0 Å². The van der Waals surface area contributed by atoms with Crippen LogP contribution in [0.4, 0.5) is 5.69 Å². The first-order chi connectivity index (χ1) is 12.1. The number of non-ortho nitro benzene ring substituents is 1. The first-order valence-electron chi connectivity index (χ1n) is 9.38. The second kappa shape index (κ2) is 5.53. The van der Waals surface area contributed by atoms with Gasteiger partial charge in [0.2, 0.25) is 0 Å². The molecule has 1 heterocycles. The molecule has 25 heavy (non-hydrogen) atoms. The summed E-state index contributed by atoms with van der Waals surface area (Å²) in [5.41, 5.74) is 1.13. The van der Waals surface area contributed by atoms with Gasteiger partial charge in [-0.15, -0.1) is 0 Å². The Morgan fingerprint density at radius 1 is 1.00 bits per heavy atom. The Balaban J connectivity index is 1.32. The van der Waals surface area contributed by atoms with Gasteiger partial charge in [-0.2, -0.15) is 0 Å². The van der Waals surface area contributed by atoms with Gasteiger partial charge in [0.05, 0.1) is 17.5 Å². The number of rotatable bonds is 4. The summed E-state index contributed by atoms with van der Waals surface area (Å²) in [6.45, 7) is 1.13. The first kappa shape index (κ1) is 15.3. The number of hydrogen-bond acceptors (Lipinski definition) is 4. The molecule has 5 fully saturated rings. The molecule has 0 N–H and O–H groups in total. The summed E-state index contributed by atoms with van der Waals surface area (Å²) in [4.78, 5) is 22.8. The lowest BCUT2D eigenvalue weighted by molar-refractivity contribution is -0.384. The molecule has 0 aromatic heterocycles. The van der Waals surface area contributed by atoms with Gasteiger partial charge in [0.1, 0.15) is 0 Å². The Kier molecular flexibility index (Phi) is 3.39. The summed E-state index contributed by atoms with van der Waals surface area (Å²) in [5.74, 6) is 3.41. The minimum Gasteiger partial charge on any atom is -0.272 e. The van der Waals surface area contributed by atoms with Gasteiger partial charge in [-0.25, -0.2) is 5.01 Å². The van der Waals surface area contributed by atoms with Gasteiger partial charge in [0.25, 0.3) is 11.6 Å². The molecule has 132 valence electrons.